The molecule has 1 saturated heterocycles. The van der Waals surface area contributed by atoms with E-state index in [-0.39, 0.29) is 12.3 Å². The van der Waals surface area contributed by atoms with Crippen molar-refractivity contribution in [3.05, 3.63) is 61.8 Å². The number of carbonyl (C=O) groups excluding carboxylic acids is 3. The summed E-state index contributed by atoms with van der Waals surface area (Å²) < 4.78 is 17.0. The Morgan fingerprint density at radius 2 is 1.97 bits per heavy atom. The van der Waals surface area contributed by atoms with Crippen LogP contribution in [-0.2, 0) is 20.9 Å². The van der Waals surface area contributed by atoms with Crippen LogP contribution in [-0.4, -0.2) is 43.1 Å². The van der Waals surface area contributed by atoms with E-state index >= 15 is 0 Å². The number of benzene rings is 2. The summed E-state index contributed by atoms with van der Waals surface area (Å²) in [6.45, 7) is 2.05. The van der Waals surface area contributed by atoms with Crippen LogP contribution in [0, 0.1) is 3.57 Å². The lowest BCUT2D eigenvalue weighted by Crippen LogP contribution is -2.36. The van der Waals surface area contributed by atoms with Gasteiger partial charge in [-0.2, -0.15) is 0 Å². The second kappa shape index (κ2) is 10.7. The summed E-state index contributed by atoms with van der Waals surface area (Å²) in [5, 5.41) is 3.08. The molecule has 0 radical (unpaired) electrons. The average Bonchev–Trinajstić information content (AvgIpc) is 3.01. The van der Waals surface area contributed by atoms with Gasteiger partial charge in [0.15, 0.2) is 11.5 Å². The number of imide groups is 1. The zero-order valence-corrected chi connectivity index (χ0v) is 20.2. The highest BCUT2D eigenvalue weighted by atomic mass is 127. The molecule has 168 valence electrons. The number of amides is 3. The molecule has 2 aromatic rings. The predicted octanol–water partition coefficient (Wildman–Crippen LogP) is 3.99. The first-order chi connectivity index (χ1) is 15.3. The summed E-state index contributed by atoms with van der Waals surface area (Å²) >= 11 is 8.32. The van der Waals surface area contributed by atoms with Crippen LogP contribution in [0.3, 0.4) is 0 Å². The van der Waals surface area contributed by atoms with E-state index in [4.69, 9.17) is 21.1 Å². The number of urea groups is 1. The Balaban J connectivity index is 1.85. The maximum absolute atomic E-state index is 12.5. The van der Waals surface area contributed by atoms with Gasteiger partial charge in [-0.3, -0.25) is 9.59 Å². The summed E-state index contributed by atoms with van der Waals surface area (Å²) in [5.41, 5.74) is 1.50. The molecule has 1 N–H and O–H groups in total. The normalized spacial score (nSPS) is 14.5. The number of esters is 1. The van der Waals surface area contributed by atoms with Crippen LogP contribution in [0.4, 0.5) is 4.79 Å². The number of carbonyl (C=O) groups is 3. The summed E-state index contributed by atoms with van der Waals surface area (Å²) in [7, 11) is 1.18. The average molecular weight is 571 g/mol. The third kappa shape index (κ3) is 5.52. The van der Waals surface area contributed by atoms with Crippen molar-refractivity contribution in [1.82, 2.24) is 10.2 Å². The largest absolute Gasteiger partial charge is 0.490 e. The van der Waals surface area contributed by atoms with Crippen molar-refractivity contribution in [1.29, 1.82) is 0 Å². The molecule has 0 atom stereocenters. The van der Waals surface area contributed by atoms with Crippen molar-refractivity contribution < 1.29 is 28.6 Å². The highest BCUT2D eigenvalue weighted by Crippen LogP contribution is 2.36. The smallest absolute Gasteiger partial charge is 0.329 e. The van der Waals surface area contributed by atoms with Crippen molar-refractivity contribution in [3.63, 3.8) is 0 Å². The van der Waals surface area contributed by atoms with Crippen LogP contribution in [0.2, 0.25) is 5.02 Å². The Hall–Kier alpha value is -2.79. The fourth-order valence-corrected chi connectivity index (χ4v) is 3.89. The number of hydrogen-bond donors (Lipinski definition) is 1. The van der Waals surface area contributed by atoms with Gasteiger partial charge in [-0.15, -0.1) is 0 Å². The van der Waals surface area contributed by atoms with Crippen molar-refractivity contribution in [2.75, 3.05) is 20.3 Å². The molecule has 0 unspecified atom stereocenters. The quantitative estimate of drug-likeness (QED) is 0.223. The summed E-state index contributed by atoms with van der Waals surface area (Å²) in [6.07, 6.45) is 1.51. The molecule has 10 heteroatoms. The van der Waals surface area contributed by atoms with E-state index in [2.05, 4.69) is 32.6 Å². The molecule has 0 bridgehead atoms. The Bertz CT molecular complexity index is 1090. The lowest BCUT2D eigenvalue weighted by molar-refractivity contribution is -0.143. The topological polar surface area (TPSA) is 94.2 Å². The van der Waals surface area contributed by atoms with E-state index in [9.17, 15) is 14.4 Å². The zero-order valence-electron chi connectivity index (χ0n) is 17.3. The van der Waals surface area contributed by atoms with E-state index < -0.39 is 24.5 Å². The number of ether oxygens (including phenoxy) is 3. The molecular weight excluding hydrogens is 551 g/mol. The SMILES string of the molecule is CCOc1cc(/C=C2/NC(=O)N(CC(=O)OC)C2=O)cc(I)c1OCc1ccccc1Cl. The number of rotatable bonds is 8. The maximum atomic E-state index is 12.5. The standard InChI is InChI=1S/C22H20ClIN2O6/c1-3-31-18-10-13(9-17-21(28)26(22(29)25-17)11-19(27)30-2)8-16(24)20(18)32-12-14-6-4-5-7-15(14)23/h4-10H,3,11-12H2,1-2H3,(H,25,29)/b17-9+. The van der Waals surface area contributed by atoms with Crippen LogP contribution < -0.4 is 14.8 Å². The Morgan fingerprint density at radius 1 is 1.22 bits per heavy atom. The minimum absolute atomic E-state index is 0.0434. The summed E-state index contributed by atoms with van der Waals surface area (Å²) in [4.78, 5) is 36.8. The van der Waals surface area contributed by atoms with E-state index in [1.54, 1.807) is 18.2 Å². The lowest BCUT2D eigenvalue weighted by atomic mass is 10.1. The first-order valence-corrected chi connectivity index (χ1v) is 11.0. The number of nitrogens with one attached hydrogen (secondary N) is 1. The molecule has 32 heavy (non-hydrogen) atoms. The van der Waals surface area contributed by atoms with Gasteiger partial charge in [0, 0.05) is 10.6 Å². The van der Waals surface area contributed by atoms with Crippen molar-refractivity contribution >= 4 is 58.2 Å². The van der Waals surface area contributed by atoms with Gasteiger partial charge in [0.2, 0.25) is 0 Å². The molecule has 1 aliphatic rings. The van der Waals surface area contributed by atoms with Crippen LogP contribution in [0.15, 0.2) is 42.1 Å². The Kier molecular flexibility index (Phi) is 7.97. The first-order valence-electron chi connectivity index (χ1n) is 9.58. The molecule has 1 aliphatic heterocycles. The van der Waals surface area contributed by atoms with Crippen molar-refractivity contribution in [2.24, 2.45) is 0 Å². The van der Waals surface area contributed by atoms with E-state index in [0.717, 1.165) is 14.0 Å². The number of hydrogen-bond acceptors (Lipinski definition) is 6. The molecule has 0 saturated carbocycles. The maximum Gasteiger partial charge on any atom is 0.329 e. The number of nitrogens with zero attached hydrogens (tertiary/aromatic N) is 1. The second-order valence-corrected chi connectivity index (χ2v) is 8.17. The monoisotopic (exact) mass is 570 g/mol. The van der Waals surface area contributed by atoms with Gasteiger partial charge in [-0.1, -0.05) is 29.8 Å². The Morgan fingerprint density at radius 3 is 2.66 bits per heavy atom. The van der Waals surface area contributed by atoms with Crippen LogP contribution >= 0.6 is 34.2 Å². The molecule has 1 heterocycles. The summed E-state index contributed by atoms with van der Waals surface area (Å²) in [5.74, 6) is -0.277. The van der Waals surface area contributed by atoms with E-state index in [1.165, 1.54) is 13.2 Å². The molecule has 0 spiro atoms. The fourth-order valence-electron chi connectivity index (χ4n) is 2.92. The van der Waals surface area contributed by atoms with Gasteiger partial charge in [0.05, 0.1) is 17.3 Å². The van der Waals surface area contributed by atoms with Crippen molar-refractivity contribution in [3.8, 4) is 11.5 Å². The van der Waals surface area contributed by atoms with Gasteiger partial charge < -0.3 is 19.5 Å². The highest BCUT2D eigenvalue weighted by molar-refractivity contribution is 14.1. The van der Waals surface area contributed by atoms with Crippen molar-refractivity contribution in [2.45, 2.75) is 13.5 Å². The molecule has 0 aromatic heterocycles. The second-order valence-electron chi connectivity index (χ2n) is 6.60. The predicted molar refractivity (Wildman–Crippen MR) is 126 cm³/mol. The third-order valence-electron chi connectivity index (χ3n) is 4.45. The van der Waals surface area contributed by atoms with Gasteiger partial charge in [-0.25, -0.2) is 9.69 Å². The van der Waals surface area contributed by atoms with Gasteiger partial charge in [-0.05, 0) is 59.4 Å². The third-order valence-corrected chi connectivity index (χ3v) is 5.62. The van der Waals surface area contributed by atoms with Gasteiger partial charge >= 0.3 is 12.0 Å². The van der Waals surface area contributed by atoms with Gasteiger partial charge in [0.25, 0.3) is 5.91 Å². The van der Waals surface area contributed by atoms with Gasteiger partial charge in [0.1, 0.15) is 18.8 Å². The molecule has 1 fully saturated rings. The minimum Gasteiger partial charge on any atom is -0.490 e. The van der Waals surface area contributed by atoms with Crippen LogP contribution in [0.1, 0.15) is 18.1 Å². The lowest BCUT2D eigenvalue weighted by Gasteiger charge is -2.15. The zero-order chi connectivity index (χ0) is 23.3. The molecule has 2 aromatic carbocycles. The van der Waals surface area contributed by atoms with Crippen LogP contribution in [0.5, 0.6) is 11.5 Å². The highest BCUT2D eigenvalue weighted by Gasteiger charge is 2.35. The number of halogens is 2. The molecule has 3 amide bonds. The van der Waals surface area contributed by atoms with E-state index in [1.807, 2.05) is 25.1 Å². The molecule has 3 rings (SSSR count). The van der Waals surface area contributed by atoms with Crippen LogP contribution in [0.25, 0.3) is 6.08 Å². The first kappa shape index (κ1) is 23.9. The summed E-state index contributed by atoms with van der Waals surface area (Å²) in [6, 6.07) is 10.2. The molecule has 0 aliphatic carbocycles. The molecule has 8 nitrogen and oxygen atoms in total. The Labute approximate surface area is 203 Å². The number of methoxy groups -OCH3 is 1. The minimum atomic E-state index is -0.692. The molecular formula is C22H20ClIN2O6. The fraction of sp³-hybridized carbons (Fsp3) is 0.227. The van der Waals surface area contributed by atoms with E-state index in [0.29, 0.717) is 28.7 Å².